The third kappa shape index (κ3) is 9.44. The van der Waals surface area contributed by atoms with E-state index in [1.165, 1.54) is 4.90 Å². The molecule has 0 saturated heterocycles. The Morgan fingerprint density at radius 1 is 0.667 bits per heavy atom. The predicted molar refractivity (Wildman–Crippen MR) is 223 cm³/mol. The molecule has 8 heterocycles. The molecule has 0 saturated carbocycles. The van der Waals surface area contributed by atoms with Gasteiger partial charge in [0.15, 0.2) is 0 Å². The van der Waals surface area contributed by atoms with Crippen LogP contribution in [0.2, 0.25) is 0 Å². The fourth-order valence-electron chi connectivity index (χ4n) is 6.22. The minimum Gasteiger partial charge on any atom is -0.465 e. The number of carboxylic acid groups (broad SMARTS) is 1. The molecule has 18 nitrogen and oxygen atoms in total. The Hall–Kier alpha value is -7.50. The number of pyridine rings is 2. The van der Waals surface area contributed by atoms with Gasteiger partial charge in [-0.15, -0.1) is 0 Å². The first-order chi connectivity index (χ1) is 28.5. The van der Waals surface area contributed by atoms with Crippen molar-refractivity contribution in [2.75, 3.05) is 0 Å². The molecule has 60 heavy (non-hydrogen) atoms. The van der Waals surface area contributed by atoms with Crippen molar-refractivity contribution in [2.45, 2.75) is 65.8 Å². The molecule has 0 aliphatic heterocycles. The van der Waals surface area contributed by atoms with Gasteiger partial charge in [-0.05, 0) is 77.9 Å². The van der Waals surface area contributed by atoms with Crippen molar-refractivity contribution < 1.29 is 19.4 Å². The van der Waals surface area contributed by atoms with Crippen LogP contribution in [-0.2, 0) is 31.9 Å². The van der Waals surface area contributed by atoms with Gasteiger partial charge in [0.1, 0.15) is 5.60 Å². The molecule has 0 unspecified atom stereocenters. The highest BCUT2D eigenvalue weighted by molar-refractivity contribution is 5.79. The van der Waals surface area contributed by atoms with Gasteiger partial charge >= 0.3 is 12.2 Å². The molecule has 2 amide bonds. The number of hydrogen-bond donors (Lipinski definition) is 2. The Kier molecular flexibility index (Phi) is 11.1. The van der Waals surface area contributed by atoms with Crippen molar-refractivity contribution in [3.05, 3.63) is 110 Å². The highest BCUT2D eigenvalue weighted by Crippen LogP contribution is 2.28. The molecule has 18 heteroatoms. The van der Waals surface area contributed by atoms with Gasteiger partial charge in [-0.1, -0.05) is 0 Å². The van der Waals surface area contributed by atoms with E-state index in [1.807, 2.05) is 117 Å². The normalized spacial score (nSPS) is 11.7. The van der Waals surface area contributed by atoms with E-state index in [1.54, 1.807) is 55.6 Å². The first-order valence-electron chi connectivity index (χ1n) is 19.1. The second-order valence-electron chi connectivity index (χ2n) is 16.0. The molecule has 0 aliphatic rings. The van der Waals surface area contributed by atoms with E-state index in [0.29, 0.717) is 5.69 Å². The first-order valence-corrected chi connectivity index (χ1v) is 19.1. The molecule has 8 rings (SSSR count). The summed E-state index contributed by atoms with van der Waals surface area (Å²) in [7, 11) is 3.72. The molecule has 8 aromatic rings. The van der Waals surface area contributed by atoms with Crippen molar-refractivity contribution in [3.63, 3.8) is 0 Å². The smallest absolute Gasteiger partial charge is 0.408 e. The standard InChI is InChI=1S/2C21H23N7O2/c1-21(2,3)30-20(29)23-11-16-6-5-14(9-22-16)19-18-7-8-24-28(18)13-17(26-19)15-10-25-27(4)12-15;1-21(2,3)27(20(29)30)12-16-6-5-14(9-22-16)19-18-7-8-23-28(18)13-17(25-19)15-10-24-26(4)11-15/h5-10,12-13H,11H2,1-4H3,(H,23,29);5-11,13H,12H2,1-4H3,(H,29,30). The number of carbonyl (C=O) groups is 2. The summed E-state index contributed by atoms with van der Waals surface area (Å²) in [6, 6.07) is 11.3. The van der Waals surface area contributed by atoms with Crippen LogP contribution in [0.3, 0.4) is 0 Å². The van der Waals surface area contributed by atoms with Crippen LogP contribution in [0, 0.1) is 0 Å². The Labute approximate surface area is 345 Å². The number of alkyl carbamates (subject to hydrolysis) is 1. The third-order valence-corrected chi connectivity index (χ3v) is 9.15. The predicted octanol–water partition coefficient (Wildman–Crippen LogP) is 6.69. The number of nitrogens with one attached hydrogen (secondary N) is 1. The molecule has 0 aromatic carbocycles. The van der Waals surface area contributed by atoms with Crippen LogP contribution in [0.1, 0.15) is 52.9 Å². The molecule has 308 valence electrons. The molecular formula is C42H46N14O4. The summed E-state index contributed by atoms with van der Waals surface area (Å²) in [6.45, 7) is 11.5. The fraction of sp³-hybridized carbons (Fsp3) is 0.286. The quantitative estimate of drug-likeness (QED) is 0.165. The lowest BCUT2D eigenvalue weighted by molar-refractivity contribution is 0.0522. The Morgan fingerprint density at radius 3 is 1.57 bits per heavy atom. The van der Waals surface area contributed by atoms with E-state index in [9.17, 15) is 14.7 Å². The third-order valence-electron chi connectivity index (χ3n) is 9.15. The van der Waals surface area contributed by atoms with Crippen LogP contribution in [0.4, 0.5) is 9.59 Å². The van der Waals surface area contributed by atoms with Crippen LogP contribution < -0.4 is 5.32 Å². The molecule has 0 fully saturated rings. The highest BCUT2D eigenvalue weighted by Gasteiger charge is 2.26. The van der Waals surface area contributed by atoms with Gasteiger partial charge in [0.25, 0.3) is 0 Å². The number of amides is 2. The number of ether oxygens (including phenoxy) is 1. The van der Waals surface area contributed by atoms with E-state index in [0.717, 1.165) is 61.8 Å². The van der Waals surface area contributed by atoms with Crippen LogP contribution in [0.5, 0.6) is 0 Å². The summed E-state index contributed by atoms with van der Waals surface area (Å²) in [4.78, 5) is 43.4. The zero-order valence-electron chi connectivity index (χ0n) is 34.6. The summed E-state index contributed by atoms with van der Waals surface area (Å²) in [6.07, 6.45) is 16.6. The maximum Gasteiger partial charge on any atom is 0.408 e. The van der Waals surface area contributed by atoms with Crippen molar-refractivity contribution in [1.82, 2.24) is 68.9 Å². The molecule has 8 aromatic heterocycles. The molecular weight excluding hydrogens is 765 g/mol. The van der Waals surface area contributed by atoms with E-state index < -0.39 is 23.3 Å². The van der Waals surface area contributed by atoms with Crippen molar-refractivity contribution in [2.24, 2.45) is 14.1 Å². The van der Waals surface area contributed by atoms with E-state index in [-0.39, 0.29) is 13.1 Å². The molecule has 0 radical (unpaired) electrons. The molecule has 0 aliphatic carbocycles. The zero-order valence-corrected chi connectivity index (χ0v) is 34.6. The Morgan fingerprint density at radius 2 is 1.17 bits per heavy atom. The molecule has 0 spiro atoms. The number of fused-ring (bicyclic) bond motifs is 2. The second kappa shape index (κ2) is 16.4. The van der Waals surface area contributed by atoms with Gasteiger partial charge in [0, 0.05) is 66.7 Å². The first kappa shape index (κ1) is 40.7. The van der Waals surface area contributed by atoms with Gasteiger partial charge in [0.2, 0.25) is 0 Å². The lowest BCUT2D eigenvalue weighted by atomic mass is 10.1. The topological polar surface area (TPSA) is 201 Å². The largest absolute Gasteiger partial charge is 0.465 e. The van der Waals surface area contributed by atoms with Crippen molar-refractivity contribution in [1.29, 1.82) is 0 Å². The van der Waals surface area contributed by atoms with Gasteiger partial charge in [-0.2, -0.15) is 20.4 Å². The zero-order chi connectivity index (χ0) is 42.8. The highest BCUT2D eigenvalue weighted by atomic mass is 16.6. The summed E-state index contributed by atoms with van der Waals surface area (Å²) in [5, 5.41) is 29.4. The van der Waals surface area contributed by atoms with Gasteiger partial charge < -0.3 is 15.2 Å². The molecule has 2 N–H and O–H groups in total. The summed E-state index contributed by atoms with van der Waals surface area (Å²) >= 11 is 0. The van der Waals surface area contributed by atoms with Crippen LogP contribution in [0.15, 0.2) is 98.4 Å². The summed E-state index contributed by atoms with van der Waals surface area (Å²) in [5.41, 5.74) is 8.59. The Bertz CT molecular complexity index is 2770. The number of carbonyl (C=O) groups excluding carboxylic acids is 1. The van der Waals surface area contributed by atoms with E-state index in [2.05, 4.69) is 35.7 Å². The second-order valence-corrected chi connectivity index (χ2v) is 16.0. The van der Waals surface area contributed by atoms with Crippen LogP contribution in [-0.4, -0.2) is 92.1 Å². The monoisotopic (exact) mass is 810 g/mol. The molecule has 0 atom stereocenters. The van der Waals surface area contributed by atoms with Gasteiger partial charge in [-0.25, -0.2) is 28.6 Å². The summed E-state index contributed by atoms with van der Waals surface area (Å²) < 4.78 is 12.3. The number of rotatable bonds is 8. The van der Waals surface area contributed by atoms with Gasteiger partial charge in [0.05, 0.1) is 95.5 Å². The van der Waals surface area contributed by atoms with E-state index in [4.69, 9.17) is 14.7 Å². The maximum atomic E-state index is 11.8. The number of nitrogens with zero attached hydrogens (tertiary/aromatic N) is 13. The Balaban J connectivity index is 0.000000181. The lowest BCUT2D eigenvalue weighted by Gasteiger charge is -2.32. The number of aryl methyl sites for hydroxylation is 2. The SMILES string of the molecule is Cn1cc(-c2cn3nccc3c(-c3ccc(CN(C(=O)O)C(C)(C)C)nc3)n2)cn1.Cn1cc(-c2cn3nccc3c(-c3ccc(CNC(=O)OC(C)(C)C)nc3)n2)cn1. The van der Waals surface area contributed by atoms with Crippen molar-refractivity contribution >= 4 is 23.2 Å². The minimum absolute atomic E-state index is 0.213. The van der Waals surface area contributed by atoms with Gasteiger partial charge in [-0.3, -0.25) is 24.2 Å². The van der Waals surface area contributed by atoms with Crippen LogP contribution in [0.25, 0.3) is 56.1 Å². The minimum atomic E-state index is -0.972. The van der Waals surface area contributed by atoms with Crippen LogP contribution >= 0.6 is 0 Å². The average Bonchev–Trinajstić information content (AvgIpc) is 4.03. The average molecular weight is 811 g/mol. The lowest BCUT2D eigenvalue weighted by Crippen LogP contribution is -2.44. The molecule has 0 bridgehead atoms. The van der Waals surface area contributed by atoms with E-state index >= 15 is 0 Å². The maximum absolute atomic E-state index is 11.8. The number of hydrogen-bond acceptors (Lipinski definition) is 11. The number of aromatic nitrogens is 12. The fourth-order valence-corrected chi connectivity index (χ4v) is 6.22. The summed E-state index contributed by atoms with van der Waals surface area (Å²) in [5.74, 6) is 0. The van der Waals surface area contributed by atoms with Crippen molar-refractivity contribution in [3.8, 4) is 45.0 Å².